The smallest absolute Gasteiger partial charge is 0.272 e. The van der Waals surface area contributed by atoms with Crippen LogP contribution in [0.25, 0.3) is 0 Å². The molecule has 1 aromatic carbocycles. The van der Waals surface area contributed by atoms with Crippen LogP contribution in [0.15, 0.2) is 18.2 Å². The van der Waals surface area contributed by atoms with Crippen molar-refractivity contribution in [3.63, 3.8) is 0 Å². The average Bonchev–Trinajstić information content (AvgIpc) is 2.93. The molecular weight excluding hydrogens is 292 g/mol. The fraction of sp³-hybridized carbons (Fsp3) is 0.500. The summed E-state index contributed by atoms with van der Waals surface area (Å²) >= 11 is 1.81. The first-order chi connectivity index (χ1) is 9.97. The summed E-state index contributed by atoms with van der Waals surface area (Å²) in [4.78, 5) is 22.5. The molecule has 1 aromatic rings. The van der Waals surface area contributed by atoms with Gasteiger partial charge in [-0.15, -0.1) is 0 Å². The highest BCUT2D eigenvalue weighted by Gasteiger charge is 2.34. The normalized spacial score (nSPS) is 21.2. The molecule has 0 radical (unpaired) electrons. The number of aryl methyl sites for hydroxylation is 1. The standard InChI is InChI=1S/C14H18N2O4S/c1-10-7-11(3-4-12(10)16(18)19)13(17)15-8-14(20-2)5-6-21-9-14/h3-4,7H,5-6,8-9H2,1-2H3,(H,15,17). The van der Waals surface area contributed by atoms with Gasteiger partial charge in [-0.05, 0) is 31.2 Å². The maximum atomic E-state index is 12.1. The van der Waals surface area contributed by atoms with E-state index in [1.165, 1.54) is 18.2 Å². The fourth-order valence-corrected chi connectivity index (χ4v) is 3.70. The van der Waals surface area contributed by atoms with Crippen molar-refractivity contribution >= 4 is 23.4 Å². The molecule has 1 saturated heterocycles. The minimum Gasteiger partial charge on any atom is -0.376 e. The molecule has 1 aliphatic rings. The van der Waals surface area contributed by atoms with Crippen molar-refractivity contribution in [3.05, 3.63) is 39.4 Å². The van der Waals surface area contributed by atoms with Crippen LogP contribution in [0.5, 0.6) is 0 Å². The van der Waals surface area contributed by atoms with Crippen LogP contribution < -0.4 is 5.32 Å². The molecule has 1 unspecified atom stereocenters. The number of methoxy groups -OCH3 is 1. The van der Waals surface area contributed by atoms with E-state index in [2.05, 4.69) is 5.32 Å². The lowest BCUT2D eigenvalue weighted by atomic mass is 10.0. The number of thioether (sulfide) groups is 1. The average molecular weight is 310 g/mol. The summed E-state index contributed by atoms with van der Waals surface area (Å²) in [5, 5.41) is 13.6. The molecule has 1 aliphatic heterocycles. The number of carbonyl (C=O) groups excluding carboxylic acids is 1. The number of nitrogens with zero attached hydrogens (tertiary/aromatic N) is 1. The van der Waals surface area contributed by atoms with E-state index in [1.807, 2.05) is 11.8 Å². The topological polar surface area (TPSA) is 81.5 Å². The lowest BCUT2D eigenvalue weighted by Gasteiger charge is -2.26. The van der Waals surface area contributed by atoms with Crippen molar-refractivity contribution < 1.29 is 14.5 Å². The Morgan fingerprint density at radius 1 is 1.57 bits per heavy atom. The van der Waals surface area contributed by atoms with Crippen LogP contribution in [0.1, 0.15) is 22.3 Å². The molecule has 0 aliphatic carbocycles. The molecule has 1 amide bonds. The second kappa shape index (κ2) is 6.44. The quantitative estimate of drug-likeness (QED) is 0.665. The Labute approximate surface area is 127 Å². The molecule has 0 aromatic heterocycles. The first kappa shape index (κ1) is 15.8. The predicted octanol–water partition coefficient (Wildman–Crippen LogP) is 2.16. The molecule has 1 atom stereocenters. The van der Waals surface area contributed by atoms with Gasteiger partial charge in [0.2, 0.25) is 0 Å². The molecule has 0 spiro atoms. The Hall–Kier alpha value is -1.60. The van der Waals surface area contributed by atoms with Gasteiger partial charge >= 0.3 is 0 Å². The third kappa shape index (κ3) is 3.54. The van der Waals surface area contributed by atoms with E-state index in [-0.39, 0.29) is 17.2 Å². The lowest BCUT2D eigenvalue weighted by molar-refractivity contribution is -0.385. The number of hydrogen-bond donors (Lipinski definition) is 1. The van der Waals surface area contributed by atoms with Crippen LogP contribution in [0.2, 0.25) is 0 Å². The van der Waals surface area contributed by atoms with Crippen molar-refractivity contribution in [2.45, 2.75) is 18.9 Å². The zero-order valence-corrected chi connectivity index (χ0v) is 12.9. The number of benzene rings is 1. The minimum atomic E-state index is -0.452. The van der Waals surface area contributed by atoms with Crippen molar-refractivity contribution in [2.75, 3.05) is 25.2 Å². The number of rotatable bonds is 5. The molecule has 1 N–H and O–H groups in total. The second-order valence-electron chi connectivity index (χ2n) is 5.13. The van der Waals surface area contributed by atoms with Crippen LogP contribution in [-0.4, -0.2) is 41.6 Å². The Morgan fingerprint density at radius 3 is 2.86 bits per heavy atom. The van der Waals surface area contributed by atoms with Gasteiger partial charge in [-0.25, -0.2) is 0 Å². The van der Waals surface area contributed by atoms with Crippen LogP contribution in [0.3, 0.4) is 0 Å². The molecule has 0 saturated carbocycles. The van der Waals surface area contributed by atoms with Gasteiger partial charge in [0.25, 0.3) is 11.6 Å². The summed E-state index contributed by atoms with van der Waals surface area (Å²) in [6.45, 7) is 2.07. The van der Waals surface area contributed by atoms with Crippen LogP contribution >= 0.6 is 11.8 Å². The largest absolute Gasteiger partial charge is 0.376 e. The van der Waals surface area contributed by atoms with E-state index in [4.69, 9.17) is 4.74 Å². The van der Waals surface area contributed by atoms with Crippen molar-refractivity contribution in [1.29, 1.82) is 0 Å². The van der Waals surface area contributed by atoms with Crippen LogP contribution in [0, 0.1) is 17.0 Å². The highest BCUT2D eigenvalue weighted by Crippen LogP contribution is 2.30. The highest BCUT2D eigenvalue weighted by atomic mass is 32.2. The summed E-state index contributed by atoms with van der Waals surface area (Å²) in [5.74, 6) is 1.66. The Morgan fingerprint density at radius 2 is 2.33 bits per heavy atom. The molecule has 0 bridgehead atoms. The zero-order chi connectivity index (χ0) is 15.5. The first-order valence-electron chi connectivity index (χ1n) is 6.63. The fourth-order valence-electron chi connectivity index (χ4n) is 2.31. The second-order valence-corrected chi connectivity index (χ2v) is 6.24. The van der Waals surface area contributed by atoms with Crippen LogP contribution in [0.4, 0.5) is 5.69 Å². The van der Waals surface area contributed by atoms with E-state index in [0.717, 1.165) is 17.9 Å². The third-order valence-corrected chi connectivity index (χ3v) is 4.95. The highest BCUT2D eigenvalue weighted by molar-refractivity contribution is 7.99. The van der Waals surface area contributed by atoms with E-state index >= 15 is 0 Å². The van der Waals surface area contributed by atoms with E-state index in [0.29, 0.717) is 17.7 Å². The van der Waals surface area contributed by atoms with Gasteiger partial charge in [-0.1, -0.05) is 0 Å². The molecule has 1 fully saturated rings. The van der Waals surface area contributed by atoms with Crippen LogP contribution in [-0.2, 0) is 4.74 Å². The molecule has 7 heteroatoms. The molecular formula is C14H18N2O4S. The number of ether oxygens (including phenoxy) is 1. The maximum Gasteiger partial charge on any atom is 0.272 e. The number of carbonyl (C=O) groups is 1. The van der Waals surface area contributed by atoms with E-state index in [1.54, 1.807) is 14.0 Å². The first-order valence-corrected chi connectivity index (χ1v) is 7.79. The number of nitro groups is 1. The molecule has 1 heterocycles. The summed E-state index contributed by atoms with van der Waals surface area (Å²) in [5.41, 5.74) is 0.628. The number of nitro benzene ring substituents is 1. The monoisotopic (exact) mass is 310 g/mol. The minimum absolute atomic E-state index is 0.0205. The SMILES string of the molecule is COC1(CNC(=O)c2ccc([N+](=O)[O-])c(C)c2)CCSC1. The van der Waals surface area contributed by atoms with Gasteiger partial charge in [-0.2, -0.15) is 11.8 Å². The van der Waals surface area contributed by atoms with Gasteiger partial charge in [0.15, 0.2) is 0 Å². The number of nitrogens with one attached hydrogen (secondary N) is 1. The Bertz CT molecular complexity index is 556. The Kier molecular flexibility index (Phi) is 4.84. The number of hydrogen-bond acceptors (Lipinski definition) is 5. The van der Waals surface area contributed by atoms with Crippen molar-refractivity contribution in [1.82, 2.24) is 5.32 Å². The summed E-state index contributed by atoms with van der Waals surface area (Å²) < 4.78 is 5.53. The summed E-state index contributed by atoms with van der Waals surface area (Å²) in [6, 6.07) is 4.38. The van der Waals surface area contributed by atoms with Gasteiger partial charge in [0, 0.05) is 36.6 Å². The van der Waals surface area contributed by atoms with Gasteiger partial charge in [0.05, 0.1) is 10.5 Å². The molecule has 21 heavy (non-hydrogen) atoms. The lowest BCUT2D eigenvalue weighted by Crippen LogP contribution is -2.44. The summed E-state index contributed by atoms with van der Waals surface area (Å²) in [7, 11) is 1.66. The number of amides is 1. The molecule has 2 rings (SSSR count). The van der Waals surface area contributed by atoms with Gasteiger partial charge in [-0.3, -0.25) is 14.9 Å². The van der Waals surface area contributed by atoms with Gasteiger partial charge < -0.3 is 10.1 Å². The third-order valence-electron chi connectivity index (χ3n) is 3.73. The molecule has 114 valence electrons. The molecule has 6 nitrogen and oxygen atoms in total. The van der Waals surface area contributed by atoms with Crippen molar-refractivity contribution in [3.8, 4) is 0 Å². The van der Waals surface area contributed by atoms with E-state index < -0.39 is 4.92 Å². The predicted molar refractivity (Wildman–Crippen MR) is 81.8 cm³/mol. The van der Waals surface area contributed by atoms with Crippen molar-refractivity contribution in [2.24, 2.45) is 0 Å². The van der Waals surface area contributed by atoms with E-state index in [9.17, 15) is 14.9 Å². The van der Waals surface area contributed by atoms with Gasteiger partial charge in [0.1, 0.15) is 0 Å². The zero-order valence-electron chi connectivity index (χ0n) is 12.0. The summed E-state index contributed by atoms with van der Waals surface area (Å²) in [6.07, 6.45) is 0.910. The Balaban J connectivity index is 2.03. The maximum absolute atomic E-state index is 12.1.